The average molecular weight is 318 g/mol. The van der Waals surface area contributed by atoms with Gasteiger partial charge in [-0.1, -0.05) is 0 Å². The molecule has 18 heavy (non-hydrogen) atoms. The smallest absolute Gasteiger partial charge is 0.147 e. The fourth-order valence-electron chi connectivity index (χ4n) is 2.81. The minimum absolute atomic E-state index is 0.171. The molecule has 2 saturated heterocycles. The Bertz CT molecular complexity index is 466. The van der Waals surface area contributed by atoms with Gasteiger partial charge in [0.2, 0.25) is 0 Å². The van der Waals surface area contributed by atoms with E-state index in [1.165, 1.54) is 12.1 Å². The number of hydrogen-bond donors (Lipinski definition) is 0. The van der Waals surface area contributed by atoms with Gasteiger partial charge in [0.25, 0.3) is 0 Å². The van der Waals surface area contributed by atoms with E-state index in [0.717, 1.165) is 39.1 Å². The number of benzene rings is 1. The van der Waals surface area contributed by atoms with E-state index >= 15 is 0 Å². The highest BCUT2D eigenvalue weighted by Gasteiger charge is 2.44. The Morgan fingerprint density at radius 1 is 1.11 bits per heavy atom. The fourth-order valence-corrected chi connectivity index (χ4v) is 3.12. The molecule has 3 rings (SSSR count). The van der Waals surface area contributed by atoms with Gasteiger partial charge in [-0.05, 0) is 34.8 Å². The summed E-state index contributed by atoms with van der Waals surface area (Å²) in [5.41, 5.74) is 0.627. The van der Waals surface area contributed by atoms with Gasteiger partial charge in [-0.25, -0.2) is 8.78 Å². The number of halogens is 3. The molecule has 0 bridgehead atoms. The van der Waals surface area contributed by atoms with Crippen LogP contribution in [0.1, 0.15) is 12.8 Å². The zero-order chi connectivity index (χ0) is 12.8. The Kier molecular flexibility index (Phi) is 3.06. The zero-order valence-corrected chi connectivity index (χ0v) is 11.5. The van der Waals surface area contributed by atoms with Crippen LogP contribution in [0.25, 0.3) is 0 Å². The standard InChI is InChI=1S/C13H14BrF2NO/c14-9-5-11(16)12(6-10(9)15)17-7-13(8-17)1-3-18-4-2-13/h5-6H,1-4,7-8H2. The molecule has 0 unspecified atom stereocenters. The second kappa shape index (κ2) is 4.46. The van der Waals surface area contributed by atoms with Gasteiger partial charge in [0, 0.05) is 37.8 Å². The molecule has 0 amide bonds. The summed E-state index contributed by atoms with van der Waals surface area (Å²) >= 11 is 2.99. The SMILES string of the molecule is Fc1cc(N2CC3(CCOCC3)C2)c(F)cc1Br. The quantitative estimate of drug-likeness (QED) is 0.737. The van der Waals surface area contributed by atoms with E-state index in [-0.39, 0.29) is 15.7 Å². The largest absolute Gasteiger partial charge is 0.381 e. The van der Waals surface area contributed by atoms with Crippen molar-refractivity contribution < 1.29 is 13.5 Å². The van der Waals surface area contributed by atoms with Crippen molar-refractivity contribution >= 4 is 21.6 Å². The van der Waals surface area contributed by atoms with Crippen LogP contribution in [0.2, 0.25) is 0 Å². The van der Waals surface area contributed by atoms with Crippen molar-refractivity contribution in [1.29, 1.82) is 0 Å². The molecule has 5 heteroatoms. The molecule has 1 aromatic carbocycles. The summed E-state index contributed by atoms with van der Waals surface area (Å²) in [5, 5.41) is 0. The van der Waals surface area contributed by atoms with Crippen molar-refractivity contribution in [2.24, 2.45) is 5.41 Å². The molecule has 2 aliphatic rings. The lowest BCUT2D eigenvalue weighted by Gasteiger charge is -2.53. The van der Waals surface area contributed by atoms with Crippen LogP contribution in [-0.4, -0.2) is 26.3 Å². The molecule has 0 aliphatic carbocycles. The number of nitrogens with zero attached hydrogens (tertiary/aromatic N) is 1. The van der Waals surface area contributed by atoms with Crippen molar-refractivity contribution in [3.8, 4) is 0 Å². The van der Waals surface area contributed by atoms with Gasteiger partial charge >= 0.3 is 0 Å². The van der Waals surface area contributed by atoms with Crippen LogP contribution in [0.5, 0.6) is 0 Å². The van der Waals surface area contributed by atoms with E-state index in [1.54, 1.807) is 0 Å². The van der Waals surface area contributed by atoms with Gasteiger partial charge in [-0.15, -0.1) is 0 Å². The molecule has 98 valence electrons. The minimum atomic E-state index is -0.417. The Balaban J connectivity index is 1.76. The summed E-state index contributed by atoms with van der Waals surface area (Å²) in [4.78, 5) is 1.91. The lowest BCUT2D eigenvalue weighted by molar-refractivity contribution is -0.000409. The summed E-state index contributed by atoms with van der Waals surface area (Å²) in [5.74, 6) is -0.787. The van der Waals surface area contributed by atoms with Crippen LogP contribution in [0, 0.1) is 17.0 Å². The highest BCUT2D eigenvalue weighted by molar-refractivity contribution is 9.10. The van der Waals surface area contributed by atoms with Gasteiger partial charge in [0.05, 0.1) is 10.2 Å². The highest BCUT2D eigenvalue weighted by atomic mass is 79.9. The molecule has 2 nitrogen and oxygen atoms in total. The highest BCUT2D eigenvalue weighted by Crippen LogP contribution is 2.43. The van der Waals surface area contributed by atoms with Crippen LogP contribution >= 0.6 is 15.9 Å². The first-order valence-corrected chi connectivity index (χ1v) is 6.86. The van der Waals surface area contributed by atoms with Gasteiger partial charge < -0.3 is 9.64 Å². The van der Waals surface area contributed by atoms with Gasteiger partial charge in [-0.3, -0.25) is 0 Å². The third-order valence-corrected chi connectivity index (χ3v) is 4.54. The molecule has 2 aliphatic heterocycles. The van der Waals surface area contributed by atoms with E-state index in [1.807, 2.05) is 4.90 Å². The third-order valence-electron chi connectivity index (χ3n) is 3.94. The Hall–Kier alpha value is -0.680. The molecule has 0 radical (unpaired) electrons. The van der Waals surface area contributed by atoms with E-state index in [2.05, 4.69) is 15.9 Å². The number of anilines is 1. The van der Waals surface area contributed by atoms with E-state index < -0.39 is 5.82 Å². The van der Waals surface area contributed by atoms with Crippen LogP contribution in [-0.2, 0) is 4.74 Å². The Labute approximate surface area is 113 Å². The van der Waals surface area contributed by atoms with Crippen LogP contribution in [0.3, 0.4) is 0 Å². The first-order valence-electron chi connectivity index (χ1n) is 6.07. The lowest BCUT2D eigenvalue weighted by atomic mass is 9.73. The maximum atomic E-state index is 13.8. The van der Waals surface area contributed by atoms with Gasteiger partial charge in [0.15, 0.2) is 0 Å². The van der Waals surface area contributed by atoms with Crippen LogP contribution in [0.15, 0.2) is 16.6 Å². The number of hydrogen-bond acceptors (Lipinski definition) is 2. The Morgan fingerprint density at radius 2 is 1.78 bits per heavy atom. The van der Waals surface area contributed by atoms with Gasteiger partial charge in [-0.2, -0.15) is 0 Å². The summed E-state index contributed by atoms with van der Waals surface area (Å²) in [6.45, 7) is 3.17. The molecule has 2 heterocycles. The summed E-state index contributed by atoms with van der Waals surface area (Å²) in [6, 6.07) is 2.46. The van der Waals surface area contributed by atoms with Gasteiger partial charge in [0.1, 0.15) is 11.6 Å². The minimum Gasteiger partial charge on any atom is -0.381 e. The van der Waals surface area contributed by atoms with Crippen molar-refractivity contribution in [2.45, 2.75) is 12.8 Å². The van der Waals surface area contributed by atoms with E-state index in [4.69, 9.17) is 4.74 Å². The molecule has 0 N–H and O–H groups in total. The molecule has 0 atom stereocenters. The topological polar surface area (TPSA) is 12.5 Å². The monoisotopic (exact) mass is 317 g/mol. The fraction of sp³-hybridized carbons (Fsp3) is 0.538. The number of ether oxygens (including phenoxy) is 1. The lowest BCUT2D eigenvalue weighted by Crippen LogP contribution is -2.58. The second-order valence-corrected chi connectivity index (χ2v) is 6.04. The zero-order valence-electron chi connectivity index (χ0n) is 9.89. The summed E-state index contributed by atoms with van der Waals surface area (Å²) in [7, 11) is 0. The summed E-state index contributed by atoms with van der Waals surface area (Å²) < 4.78 is 32.8. The van der Waals surface area contributed by atoms with Crippen molar-refractivity contribution in [3.05, 3.63) is 28.2 Å². The molecule has 1 aromatic rings. The molecular formula is C13H14BrF2NO. The van der Waals surface area contributed by atoms with Crippen LogP contribution in [0.4, 0.5) is 14.5 Å². The predicted octanol–water partition coefficient (Wildman–Crippen LogP) is 3.34. The normalized spacial score (nSPS) is 22.1. The first-order chi connectivity index (χ1) is 8.60. The Morgan fingerprint density at radius 3 is 2.44 bits per heavy atom. The van der Waals surface area contributed by atoms with Crippen molar-refractivity contribution in [2.75, 3.05) is 31.2 Å². The van der Waals surface area contributed by atoms with Crippen molar-refractivity contribution in [1.82, 2.24) is 0 Å². The van der Waals surface area contributed by atoms with Crippen LogP contribution < -0.4 is 4.90 Å². The maximum Gasteiger partial charge on any atom is 0.147 e. The molecule has 0 saturated carbocycles. The second-order valence-electron chi connectivity index (χ2n) is 5.19. The third kappa shape index (κ3) is 2.03. The molecular weight excluding hydrogens is 304 g/mol. The molecule has 1 spiro atoms. The van der Waals surface area contributed by atoms with E-state index in [9.17, 15) is 8.78 Å². The molecule has 0 aromatic heterocycles. The number of rotatable bonds is 1. The average Bonchev–Trinajstić information content (AvgIpc) is 2.32. The predicted molar refractivity (Wildman–Crippen MR) is 68.8 cm³/mol. The maximum absolute atomic E-state index is 13.8. The molecule has 2 fully saturated rings. The van der Waals surface area contributed by atoms with E-state index in [0.29, 0.717) is 5.69 Å². The first kappa shape index (κ1) is 12.4. The summed E-state index contributed by atoms with van der Waals surface area (Å²) in [6.07, 6.45) is 2.04. The van der Waals surface area contributed by atoms with Crippen molar-refractivity contribution in [3.63, 3.8) is 0 Å².